The molecule has 3 rings (SSSR count). The number of hydrogen-bond donors (Lipinski definition) is 2. The van der Waals surface area contributed by atoms with Crippen molar-refractivity contribution in [2.24, 2.45) is 17.6 Å². The molecule has 108 valence electrons. The highest BCUT2D eigenvalue weighted by molar-refractivity contribution is 5.79. The lowest BCUT2D eigenvalue weighted by Gasteiger charge is -2.27. The Labute approximate surface area is 120 Å². The molecule has 1 aromatic rings. The summed E-state index contributed by atoms with van der Waals surface area (Å²) in [7, 11) is 0. The van der Waals surface area contributed by atoms with E-state index < -0.39 is 0 Å². The average Bonchev–Trinajstić information content (AvgIpc) is 2.95. The van der Waals surface area contributed by atoms with Crippen molar-refractivity contribution >= 4 is 5.91 Å². The number of amides is 1. The predicted octanol–water partition coefficient (Wildman–Crippen LogP) is 2.04. The molecule has 1 unspecified atom stereocenters. The van der Waals surface area contributed by atoms with Gasteiger partial charge in [-0.3, -0.25) is 4.79 Å². The van der Waals surface area contributed by atoms with Gasteiger partial charge in [-0.15, -0.1) is 0 Å². The summed E-state index contributed by atoms with van der Waals surface area (Å²) in [6, 6.07) is 8.88. The van der Waals surface area contributed by atoms with Crippen LogP contribution in [0.2, 0.25) is 0 Å². The fourth-order valence-electron chi connectivity index (χ4n) is 3.79. The second-order valence-corrected chi connectivity index (χ2v) is 6.25. The molecule has 1 saturated carbocycles. The van der Waals surface area contributed by atoms with Crippen molar-refractivity contribution in [1.29, 1.82) is 0 Å². The predicted molar refractivity (Wildman–Crippen MR) is 80.3 cm³/mol. The normalized spacial score (nSPS) is 28.9. The van der Waals surface area contributed by atoms with Crippen LogP contribution in [0.15, 0.2) is 24.3 Å². The van der Waals surface area contributed by atoms with E-state index in [1.807, 2.05) is 0 Å². The number of nitrogens with two attached hydrogens (primary N) is 1. The van der Waals surface area contributed by atoms with Gasteiger partial charge in [0.1, 0.15) is 0 Å². The van der Waals surface area contributed by atoms with Gasteiger partial charge in [-0.1, -0.05) is 30.7 Å². The van der Waals surface area contributed by atoms with Gasteiger partial charge in [0.2, 0.25) is 5.91 Å². The number of carbonyl (C=O) groups excluding carboxylic acids is 1. The van der Waals surface area contributed by atoms with E-state index in [0.717, 1.165) is 38.5 Å². The molecule has 0 spiro atoms. The van der Waals surface area contributed by atoms with E-state index in [1.54, 1.807) is 0 Å². The summed E-state index contributed by atoms with van der Waals surface area (Å²) in [4.78, 5) is 12.4. The van der Waals surface area contributed by atoms with E-state index in [1.165, 1.54) is 11.1 Å². The van der Waals surface area contributed by atoms with E-state index in [9.17, 15) is 4.79 Å². The van der Waals surface area contributed by atoms with E-state index in [0.29, 0.717) is 18.5 Å². The highest BCUT2D eigenvalue weighted by Gasteiger charge is 2.33. The van der Waals surface area contributed by atoms with Gasteiger partial charge in [-0.2, -0.15) is 0 Å². The van der Waals surface area contributed by atoms with Crippen molar-refractivity contribution < 1.29 is 4.79 Å². The molecular weight excluding hydrogens is 248 g/mol. The van der Waals surface area contributed by atoms with Gasteiger partial charge in [0, 0.05) is 12.0 Å². The minimum atomic E-state index is 0.150. The zero-order chi connectivity index (χ0) is 13.9. The number of nitrogens with one attached hydrogen (secondary N) is 1. The molecular formula is C17H24N2O. The van der Waals surface area contributed by atoms with Crippen LogP contribution < -0.4 is 11.1 Å². The molecule has 0 heterocycles. The number of fused-ring (bicyclic) bond motifs is 1. The van der Waals surface area contributed by atoms with Crippen LogP contribution in [-0.4, -0.2) is 18.5 Å². The molecule has 1 amide bonds. The third-order valence-corrected chi connectivity index (χ3v) is 4.99. The summed E-state index contributed by atoms with van der Waals surface area (Å²) in [5, 5.41) is 3.27. The fourth-order valence-corrected chi connectivity index (χ4v) is 3.79. The standard InChI is InChI=1S/C17H24N2O/c18-11-14-6-3-7-16(14)17(20)19-15-9-8-12-4-1-2-5-13(12)10-15/h1-2,4-5,14-16H,3,6-11,18H2,(H,19,20)/t14-,15?,16-/m1/s1. The van der Waals surface area contributed by atoms with Crippen LogP contribution in [-0.2, 0) is 17.6 Å². The van der Waals surface area contributed by atoms with Crippen molar-refractivity contribution in [2.75, 3.05) is 6.54 Å². The van der Waals surface area contributed by atoms with Gasteiger partial charge in [0.05, 0.1) is 0 Å². The molecule has 1 aromatic carbocycles. The Hall–Kier alpha value is -1.35. The van der Waals surface area contributed by atoms with Crippen LogP contribution in [0.1, 0.15) is 36.8 Å². The number of benzene rings is 1. The molecule has 0 radical (unpaired) electrons. The summed E-state index contributed by atoms with van der Waals surface area (Å²) in [6.07, 6.45) is 6.38. The molecule has 3 atom stereocenters. The first-order valence-electron chi connectivity index (χ1n) is 7.85. The summed E-state index contributed by atoms with van der Waals surface area (Å²) in [5.41, 5.74) is 8.62. The highest BCUT2D eigenvalue weighted by Crippen LogP contribution is 2.31. The zero-order valence-corrected chi connectivity index (χ0v) is 12.0. The largest absolute Gasteiger partial charge is 0.353 e. The number of hydrogen-bond acceptors (Lipinski definition) is 2. The molecule has 0 aliphatic heterocycles. The van der Waals surface area contributed by atoms with Gasteiger partial charge in [-0.25, -0.2) is 0 Å². The maximum Gasteiger partial charge on any atom is 0.223 e. The lowest BCUT2D eigenvalue weighted by Crippen LogP contribution is -2.43. The molecule has 20 heavy (non-hydrogen) atoms. The van der Waals surface area contributed by atoms with E-state index in [4.69, 9.17) is 5.73 Å². The second-order valence-electron chi connectivity index (χ2n) is 6.25. The van der Waals surface area contributed by atoms with Gasteiger partial charge < -0.3 is 11.1 Å². The van der Waals surface area contributed by atoms with Crippen LogP contribution in [0.4, 0.5) is 0 Å². The van der Waals surface area contributed by atoms with Crippen molar-refractivity contribution in [3.8, 4) is 0 Å². The summed E-state index contributed by atoms with van der Waals surface area (Å²) in [5.74, 6) is 0.783. The minimum Gasteiger partial charge on any atom is -0.353 e. The van der Waals surface area contributed by atoms with Crippen LogP contribution in [0.3, 0.4) is 0 Å². The first-order valence-corrected chi connectivity index (χ1v) is 7.85. The van der Waals surface area contributed by atoms with Crippen LogP contribution >= 0.6 is 0 Å². The van der Waals surface area contributed by atoms with Gasteiger partial charge in [0.15, 0.2) is 0 Å². The molecule has 3 nitrogen and oxygen atoms in total. The Bertz CT molecular complexity index is 486. The third kappa shape index (κ3) is 2.73. The van der Waals surface area contributed by atoms with Crippen molar-refractivity contribution in [3.05, 3.63) is 35.4 Å². The second kappa shape index (κ2) is 5.96. The zero-order valence-electron chi connectivity index (χ0n) is 12.0. The molecule has 1 fully saturated rings. The van der Waals surface area contributed by atoms with Crippen molar-refractivity contribution in [1.82, 2.24) is 5.32 Å². The lowest BCUT2D eigenvalue weighted by atomic mass is 9.87. The van der Waals surface area contributed by atoms with E-state index >= 15 is 0 Å². The number of rotatable bonds is 3. The summed E-state index contributed by atoms with van der Waals surface area (Å²) < 4.78 is 0. The molecule has 3 heteroatoms. The Morgan fingerprint density at radius 1 is 1.20 bits per heavy atom. The molecule has 0 aromatic heterocycles. The van der Waals surface area contributed by atoms with Crippen molar-refractivity contribution in [3.63, 3.8) is 0 Å². The highest BCUT2D eigenvalue weighted by atomic mass is 16.2. The first-order chi connectivity index (χ1) is 9.78. The fraction of sp³-hybridized carbons (Fsp3) is 0.588. The summed E-state index contributed by atoms with van der Waals surface area (Å²) >= 11 is 0. The minimum absolute atomic E-state index is 0.150. The maximum absolute atomic E-state index is 12.4. The molecule has 0 bridgehead atoms. The Morgan fingerprint density at radius 3 is 2.80 bits per heavy atom. The van der Waals surface area contributed by atoms with Crippen LogP contribution in [0, 0.1) is 11.8 Å². The quantitative estimate of drug-likeness (QED) is 0.884. The Kier molecular flexibility index (Phi) is 4.06. The topological polar surface area (TPSA) is 55.1 Å². The molecule has 0 saturated heterocycles. The van der Waals surface area contributed by atoms with Gasteiger partial charge >= 0.3 is 0 Å². The summed E-state index contributed by atoms with van der Waals surface area (Å²) in [6.45, 7) is 0.644. The first kappa shape index (κ1) is 13.6. The van der Waals surface area contributed by atoms with Gasteiger partial charge in [0.25, 0.3) is 0 Å². The van der Waals surface area contributed by atoms with Crippen LogP contribution in [0.5, 0.6) is 0 Å². The Balaban J connectivity index is 1.60. The lowest BCUT2D eigenvalue weighted by molar-refractivity contribution is -0.126. The Morgan fingerprint density at radius 2 is 2.00 bits per heavy atom. The maximum atomic E-state index is 12.4. The van der Waals surface area contributed by atoms with E-state index in [2.05, 4.69) is 29.6 Å². The number of carbonyl (C=O) groups is 1. The number of aryl methyl sites for hydroxylation is 1. The SMILES string of the molecule is NC[C@H]1CCC[C@H]1C(=O)NC1CCc2ccccc2C1. The molecule has 2 aliphatic rings. The molecule has 3 N–H and O–H groups in total. The molecule has 2 aliphatic carbocycles. The van der Waals surface area contributed by atoms with E-state index in [-0.39, 0.29) is 11.8 Å². The van der Waals surface area contributed by atoms with Crippen LogP contribution in [0.25, 0.3) is 0 Å². The average molecular weight is 272 g/mol. The monoisotopic (exact) mass is 272 g/mol. The van der Waals surface area contributed by atoms with Crippen molar-refractivity contribution in [2.45, 2.75) is 44.6 Å². The third-order valence-electron chi connectivity index (χ3n) is 4.99. The smallest absolute Gasteiger partial charge is 0.223 e. The van der Waals surface area contributed by atoms with Gasteiger partial charge in [-0.05, 0) is 55.7 Å².